The summed E-state index contributed by atoms with van der Waals surface area (Å²) in [5, 5.41) is 8.30. The van der Waals surface area contributed by atoms with Gasteiger partial charge in [-0.05, 0) is 37.0 Å². The van der Waals surface area contributed by atoms with E-state index in [9.17, 15) is 0 Å². The van der Waals surface area contributed by atoms with Gasteiger partial charge in [0.05, 0.1) is 0 Å². The fraction of sp³-hybridized carbons (Fsp3) is 0.200. The third-order valence-electron chi connectivity index (χ3n) is 3.06. The molecule has 0 aliphatic heterocycles. The Bertz CT molecular complexity index is 632. The third kappa shape index (κ3) is 2.12. The first-order chi connectivity index (χ1) is 8.67. The molecule has 0 spiro atoms. The molecule has 0 aliphatic rings. The lowest BCUT2D eigenvalue weighted by Gasteiger charge is -2.08. The van der Waals surface area contributed by atoms with E-state index in [1.165, 1.54) is 11.1 Å². The number of aryl methyl sites for hydroxylation is 2. The van der Waals surface area contributed by atoms with Crippen LogP contribution in [0.25, 0.3) is 11.0 Å². The number of nitrogens with one attached hydrogen (secondary N) is 1. The van der Waals surface area contributed by atoms with E-state index in [-0.39, 0.29) is 0 Å². The predicted octanol–water partition coefficient (Wildman–Crippen LogP) is 3.42. The molecule has 0 aliphatic carbocycles. The molecule has 18 heavy (non-hydrogen) atoms. The minimum Gasteiger partial charge on any atom is -0.280 e. The van der Waals surface area contributed by atoms with Gasteiger partial charge in [-0.15, -0.1) is 0 Å². The van der Waals surface area contributed by atoms with E-state index in [1.54, 1.807) is 6.08 Å². The maximum atomic E-state index is 4.33. The SMILES string of the molecule is C=C/C=C(\C=C)Cc1c(C)cnc2n[nH]c(C)c12. The quantitative estimate of drug-likeness (QED) is 0.831. The highest BCUT2D eigenvalue weighted by molar-refractivity contribution is 5.82. The first kappa shape index (κ1) is 12.3. The minimum absolute atomic E-state index is 0.773. The van der Waals surface area contributed by atoms with Crippen molar-refractivity contribution in [1.82, 2.24) is 15.2 Å². The summed E-state index contributed by atoms with van der Waals surface area (Å²) in [5.41, 5.74) is 5.39. The normalized spacial score (nSPS) is 11.8. The lowest BCUT2D eigenvalue weighted by atomic mass is 9.98. The van der Waals surface area contributed by atoms with Gasteiger partial charge in [-0.3, -0.25) is 5.10 Å². The first-order valence-electron chi connectivity index (χ1n) is 5.90. The summed E-state index contributed by atoms with van der Waals surface area (Å²) in [6.07, 6.45) is 8.32. The van der Waals surface area contributed by atoms with Gasteiger partial charge in [-0.2, -0.15) is 5.10 Å². The molecular weight excluding hydrogens is 222 g/mol. The van der Waals surface area contributed by atoms with Gasteiger partial charge < -0.3 is 0 Å². The number of H-pyrrole nitrogens is 1. The van der Waals surface area contributed by atoms with Crippen LogP contribution < -0.4 is 0 Å². The molecule has 92 valence electrons. The summed E-state index contributed by atoms with van der Waals surface area (Å²) >= 11 is 0. The molecule has 0 atom stereocenters. The van der Waals surface area contributed by atoms with E-state index in [4.69, 9.17) is 0 Å². The van der Waals surface area contributed by atoms with Crippen LogP contribution >= 0.6 is 0 Å². The van der Waals surface area contributed by atoms with Gasteiger partial charge in [-0.1, -0.05) is 31.4 Å². The number of nitrogens with zero attached hydrogens (tertiary/aromatic N) is 2. The highest BCUT2D eigenvalue weighted by Crippen LogP contribution is 2.24. The fourth-order valence-corrected chi connectivity index (χ4v) is 2.09. The molecule has 0 saturated heterocycles. The van der Waals surface area contributed by atoms with Gasteiger partial charge in [0.25, 0.3) is 0 Å². The second-order valence-corrected chi connectivity index (χ2v) is 4.33. The Morgan fingerprint density at radius 1 is 1.39 bits per heavy atom. The van der Waals surface area contributed by atoms with E-state index in [1.807, 2.05) is 25.3 Å². The highest BCUT2D eigenvalue weighted by Gasteiger charge is 2.11. The molecule has 0 aromatic carbocycles. The van der Waals surface area contributed by atoms with E-state index in [2.05, 4.69) is 35.3 Å². The Balaban J connectivity index is 2.58. The summed E-state index contributed by atoms with van der Waals surface area (Å²) in [7, 11) is 0. The molecule has 2 aromatic heterocycles. The zero-order valence-electron chi connectivity index (χ0n) is 10.8. The molecule has 2 heterocycles. The van der Waals surface area contributed by atoms with Crippen LogP contribution in [0.5, 0.6) is 0 Å². The average Bonchev–Trinajstić information content (AvgIpc) is 2.74. The van der Waals surface area contributed by atoms with Gasteiger partial charge in [0.15, 0.2) is 5.65 Å². The zero-order valence-corrected chi connectivity index (χ0v) is 10.8. The highest BCUT2D eigenvalue weighted by atomic mass is 15.1. The molecular formula is C15H17N3. The third-order valence-corrected chi connectivity index (χ3v) is 3.06. The van der Waals surface area contributed by atoms with E-state index in [0.29, 0.717) is 0 Å². The van der Waals surface area contributed by atoms with Crippen LogP contribution in [0.4, 0.5) is 0 Å². The van der Waals surface area contributed by atoms with Gasteiger partial charge in [0.1, 0.15) is 0 Å². The summed E-state index contributed by atoms with van der Waals surface area (Å²) in [4.78, 5) is 4.33. The van der Waals surface area contributed by atoms with Crippen molar-refractivity contribution in [2.75, 3.05) is 0 Å². The number of aromatic nitrogens is 3. The Hall–Kier alpha value is -2.16. The zero-order chi connectivity index (χ0) is 13.1. The number of hydrogen-bond acceptors (Lipinski definition) is 2. The van der Waals surface area contributed by atoms with Crippen molar-refractivity contribution in [1.29, 1.82) is 0 Å². The Kier molecular flexibility index (Phi) is 3.42. The molecule has 2 rings (SSSR count). The van der Waals surface area contributed by atoms with Crippen LogP contribution in [0.2, 0.25) is 0 Å². The maximum absolute atomic E-state index is 4.33. The monoisotopic (exact) mass is 239 g/mol. The number of aromatic amines is 1. The number of rotatable bonds is 4. The topological polar surface area (TPSA) is 41.6 Å². The Labute approximate surface area is 107 Å². The van der Waals surface area contributed by atoms with Crippen molar-refractivity contribution in [2.45, 2.75) is 20.3 Å². The summed E-state index contributed by atoms with van der Waals surface area (Å²) in [6, 6.07) is 0. The van der Waals surface area contributed by atoms with E-state index in [0.717, 1.165) is 28.7 Å². The molecule has 0 fully saturated rings. The van der Waals surface area contributed by atoms with Crippen molar-refractivity contribution in [3.05, 3.63) is 60.0 Å². The van der Waals surface area contributed by atoms with Crippen LogP contribution in [0.1, 0.15) is 16.8 Å². The molecule has 0 saturated carbocycles. The lowest BCUT2D eigenvalue weighted by Crippen LogP contribution is -1.95. The number of pyridine rings is 1. The summed E-state index contributed by atoms with van der Waals surface area (Å²) in [6.45, 7) is 11.7. The molecule has 0 unspecified atom stereocenters. The number of fused-ring (bicyclic) bond motifs is 1. The maximum Gasteiger partial charge on any atom is 0.181 e. The van der Waals surface area contributed by atoms with Crippen LogP contribution in [-0.4, -0.2) is 15.2 Å². The number of allylic oxidation sites excluding steroid dienone is 4. The summed E-state index contributed by atoms with van der Waals surface area (Å²) < 4.78 is 0. The molecule has 3 nitrogen and oxygen atoms in total. The van der Waals surface area contributed by atoms with Crippen molar-refractivity contribution in [3.8, 4) is 0 Å². The van der Waals surface area contributed by atoms with E-state index >= 15 is 0 Å². The summed E-state index contributed by atoms with van der Waals surface area (Å²) in [5.74, 6) is 0. The number of hydrogen-bond donors (Lipinski definition) is 1. The minimum atomic E-state index is 0.773. The Morgan fingerprint density at radius 3 is 2.83 bits per heavy atom. The van der Waals surface area contributed by atoms with Gasteiger partial charge in [0, 0.05) is 17.3 Å². The van der Waals surface area contributed by atoms with Crippen LogP contribution in [0.15, 0.2) is 43.2 Å². The Morgan fingerprint density at radius 2 is 2.17 bits per heavy atom. The van der Waals surface area contributed by atoms with Crippen LogP contribution in [0, 0.1) is 13.8 Å². The first-order valence-corrected chi connectivity index (χ1v) is 5.90. The van der Waals surface area contributed by atoms with Gasteiger partial charge in [0.2, 0.25) is 0 Å². The standard InChI is InChI=1S/C15H17N3/c1-5-7-12(6-2)8-13-10(3)9-16-15-14(13)11(4)17-18-15/h5-7,9H,1-2,8H2,3-4H3,(H,16,17,18)/b12-7+. The second-order valence-electron chi connectivity index (χ2n) is 4.33. The van der Waals surface area contributed by atoms with Gasteiger partial charge >= 0.3 is 0 Å². The van der Waals surface area contributed by atoms with Gasteiger partial charge in [-0.25, -0.2) is 4.98 Å². The molecule has 3 heteroatoms. The molecule has 0 bridgehead atoms. The molecule has 0 radical (unpaired) electrons. The second kappa shape index (κ2) is 5.00. The molecule has 1 N–H and O–H groups in total. The largest absolute Gasteiger partial charge is 0.280 e. The fourth-order valence-electron chi connectivity index (χ4n) is 2.09. The van der Waals surface area contributed by atoms with Crippen molar-refractivity contribution in [3.63, 3.8) is 0 Å². The molecule has 0 amide bonds. The average molecular weight is 239 g/mol. The van der Waals surface area contributed by atoms with Crippen LogP contribution in [-0.2, 0) is 6.42 Å². The molecule has 2 aromatic rings. The smallest absolute Gasteiger partial charge is 0.181 e. The van der Waals surface area contributed by atoms with Crippen LogP contribution in [0.3, 0.4) is 0 Å². The van der Waals surface area contributed by atoms with Crippen molar-refractivity contribution in [2.24, 2.45) is 0 Å². The lowest BCUT2D eigenvalue weighted by molar-refractivity contribution is 1.05. The van der Waals surface area contributed by atoms with E-state index < -0.39 is 0 Å². The predicted molar refractivity (Wildman–Crippen MR) is 75.5 cm³/mol. The van der Waals surface area contributed by atoms with Crippen molar-refractivity contribution >= 4 is 11.0 Å². The van der Waals surface area contributed by atoms with Crippen molar-refractivity contribution < 1.29 is 0 Å².